The van der Waals surface area contributed by atoms with Crippen molar-refractivity contribution in [3.05, 3.63) is 59.7 Å². The number of ether oxygens (including phenoxy) is 1. The minimum atomic E-state index is -0.641. The first-order valence-corrected chi connectivity index (χ1v) is 13.9. The third kappa shape index (κ3) is 5.28. The number of nitrogens with zero attached hydrogens (tertiary/aromatic N) is 7. The Hall–Kier alpha value is -3.54. The van der Waals surface area contributed by atoms with E-state index in [0.717, 1.165) is 51.0 Å². The third-order valence-electron chi connectivity index (χ3n) is 7.84. The Morgan fingerprint density at radius 3 is 2.52 bits per heavy atom. The van der Waals surface area contributed by atoms with Crippen molar-refractivity contribution in [3.63, 3.8) is 0 Å². The second-order valence-electron chi connectivity index (χ2n) is 10.8. The number of imidazole rings is 1. The van der Waals surface area contributed by atoms with Gasteiger partial charge in [-0.15, -0.1) is 0 Å². The number of hydrogen-bond acceptors (Lipinski definition) is 8. The predicted molar refractivity (Wildman–Crippen MR) is 149 cm³/mol. The van der Waals surface area contributed by atoms with Crippen LogP contribution in [0.1, 0.15) is 38.2 Å². The van der Waals surface area contributed by atoms with E-state index in [1.807, 2.05) is 22.9 Å². The van der Waals surface area contributed by atoms with Crippen LogP contribution in [0.5, 0.6) is 0 Å². The van der Waals surface area contributed by atoms with Crippen molar-refractivity contribution in [2.24, 2.45) is 5.92 Å². The molecule has 0 aliphatic carbocycles. The number of aromatic nitrogens is 5. The van der Waals surface area contributed by atoms with Crippen molar-refractivity contribution in [1.82, 2.24) is 34.3 Å². The Kier molecular flexibility index (Phi) is 7.43. The number of benzene rings is 1. The van der Waals surface area contributed by atoms with Crippen molar-refractivity contribution in [3.8, 4) is 11.3 Å². The van der Waals surface area contributed by atoms with Crippen LogP contribution in [-0.4, -0.2) is 73.6 Å². The molecule has 5 heterocycles. The van der Waals surface area contributed by atoms with Crippen LogP contribution in [0.25, 0.3) is 22.3 Å². The molecule has 0 unspecified atom stereocenters. The van der Waals surface area contributed by atoms with E-state index in [-0.39, 0.29) is 29.1 Å². The first-order valence-electron chi connectivity index (χ1n) is 13.9. The molecule has 1 fully saturated rings. The molecule has 0 amide bonds. The highest BCUT2D eigenvalue weighted by Crippen LogP contribution is 2.34. The number of nitrogens with one attached hydrogen (secondary N) is 1. The van der Waals surface area contributed by atoms with Crippen molar-refractivity contribution < 1.29 is 13.5 Å². The zero-order valence-corrected chi connectivity index (χ0v) is 23.1. The summed E-state index contributed by atoms with van der Waals surface area (Å²) in [6.45, 7) is 13.4. The number of pyridine rings is 1. The molecule has 1 aromatic carbocycles. The molecule has 40 heavy (non-hydrogen) atoms. The maximum Gasteiger partial charge on any atom is 0.229 e. The molecule has 1 N–H and O–H groups in total. The molecular formula is C29H34F2N8O. The largest absolute Gasteiger partial charge is 0.371 e. The smallest absolute Gasteiger partial charge is 0.229 e. The molecule has 0 saturated carbocycles. The van der Waals surface area contributed by atoms with Crippen molar-refractivity contribution >= 4 is 22.8 Å². The number of rotatable bonds is 7. The average molecular weight is 549 g/mol. The molecule has 6 rings (SSSR count). The molecule has 3 aromatic heterocycles. The second kappa shape index (κ2) is 11.1. The summed E-state index contributed by atoms with van der Waals surface area (Å²) >= 11 is 0. The fourth-order valence-corrected chi connectivity index (χ4v) is 5.50. The lowest BCUT2D eigenvalue weighted by atomic mass is 10.0. The van der Waals surface area contributed by atoms with Gasteiger partial charge in [0.1, 0.15) is 29.5 Å². The van der Waals surface area contributed by atoms with Gasteiger partial charge < -0.3 is 19.5 Å². The molecule has 2 aliphatic heterocycles. The van der Waals surface area contributed by atoms with Gasteiger partial charge in [0.25, 0.3) is 0 Å². The molecule has 0 radical (unpaired) electrons. The summed E-state index contributed by atoms with van der Waals surface area (Å²) in [5.41, 5.74) is 2.29. The molecule has 4 aromatic rings. The van der Waals surface area contributed by atoms with Crippen LogP contribution in [0.3, 0.4) is 0 Å². The first-order chi connectivity index (χ1) is 19.4. The van der Waals surface area contributed by atoms with E-state index in [1.165, 1.54) is 6.07 Å². The molecule has 2 aliphatic rings. The van der Waals surface area contributed by atoms with Gasteiger partial charge in [-0.1, -0.05) is 26.8 Å². The van der Waals surface area contributed by atoms with Gasteiger partial charge in [0, 0.05) is 44.5 Å². The number of anilines is 2. The maximum absolute atomic E-state index is 15.3. The van der Waals surface area contributed by atoms with Crippen molar-refractivity contribution in [1.29, 1.82) is 0 Å². The van der Waals surface area contributed by atoms with Crippen LogP contribution in [0.15, 0.2) is 36.7 Å². The zero-order chi connectivity index (χ0) is 27.8. The third-order valence-corrected chi connectivity index (χ3v) is 7.84. The zero-order valence-electron chi connectivity index (χ0n) is 23.1. The highest BCUT2D eigenvalue weighted by atomic mass is 19.1. The van der Waals surface area contributed by atoms with E-state index < -0.39 is 11.6 Å². The van der Waals surface area contributed by atoms with E-state index in [1.54, 1.807) is 6.07 Å². The number of halogens is 2. The summed E-state index contributed by atoms with van der Waals surface area (Å²) in [4.78, 5) is 22.4. The van der Waals surface area contributed by atoms with E-state index in [0.29, 0.717) is 35.9 Å². The number of likely N-dealkylation sites (N-methyl/N-ethyl adjacent to an activating group) is 1. The van der Waals surface area contributed by atoms with Crippen LogP contribution in [0, 0.1) is 17.6 Å². The first kappa shape index (κ1) is 26.7. The molecule has 1 saturated heterocycles. The van der Waals surface area contributed by atoms with E-state index in [4.69, 9.17) is 4.74 Å². The molecule has 0 bridgehead atoms. The standard InChI is InChI=1S/C29H34F2N8O/c1-4-37-7-9-38(10-8-37)15-19-5-6-25(32-13-19)34-29-33-14-22(31)27(36-29)20-11-21(30)28-23(12-20)39-24(18(2)3)16-40-17-26(39)35-28/h5-6,11-14,18,24H,4,7-10,15-17H2,1-3H3,(H,32,33,34,36)/t24-/m0/s1. The van der Waals surface area contributed by atoms with Gasteiger partial charge in [0.2, 0.25) is 5.95 Å². The number of hydrogen-bond donors (Lipinski definition) is 1. The molecule has 210 valence electrons. The second-order valence-corrected chi connectivity index (χ2v) is 10.8. The minimum absolute atomic E-state index is 0.00449. The fourth-order valence-electron chi connectivity index (χ4n) is 5.50. The van der Waals surface area contributed by atoms with Crippen molar-refractivity contribution in [2.75, 3.05) is 44.6 Å². The number of fused-ring (bicyclic) bond motifs is 3. The summed E-state index contributed by atoms with van der Waals surface area (Å²) < 4.78 is 37.9. The van der Waals surface area contributed by atoms with E-state index in [2.05, 4.69) is 55.8 Å². The summed E-state index contributed by atoms with van der Waals surface area (Å²) in [5, 5.41) is 3.06. The van der Waals surface area contributed by atoms with Gasteiger partial charge in [-0.3, -0.25) is 4.90 Å². The van der Waals surface area contributed by atoms with Gasteiger partial charge in [-0.25, -0.2) is 28.7 Å². The molecule has 9 nitrogen and oxygen atoms in total. The molecule has 0 spiro atoms. The van der Waals surface area contributed by atoms with E-state index >= 15 is 4.39 Å². The van der Waals surface area contributed by atoms with Crippen LogP contribution in [0.4, 0.5) is 20.5 Å². The predicted octanol–water partition coefficient (Wildman–Crippen LogP) is 4.77. The van der Waals surface area contributed by atoms with Crippen LogP contribution in [-0.2, 0) is 17.9 Å². The average Bonchev–Trinajstić information content (AvgIpc) is 3.35. The summed E-state index contributed by atoms with van der Waals surface area (Å²) in [5.74, 6) is 0.467. The Balaban J connectivity index is 1.23. The SMILES string of the molecule is CCN1CCN(Cc2ccc(Nc3ncc(F)c(-c4cc(F)c5nc6n(c5c4)[C@H](C(C)C)COC6)n3)nc2)CC1. The fraction of sp³-hybridized carbons (Fsp3) is 0.448. The summed E-state index contributed by atoms with van der Waals surface area (Å²) in [7, 11) is 0. The monoisotopic (exact) mass is 548 g/mol. The lowest BCUT2D eigenvalue weighted by molar-refractivity contribution is 0.0417. The topological polar surface area (TPSA) is 84.2 Å². The Morgan fingerprint density at radius 1 is 1.00 bits per heavy atom. The Bertz CT molecular complexity index is 1500. The van der Waals surface area contributed by atoms with Gasteiger partial charge in [0.15, 0.2) is 11.6 Å². The lowest BCUT2D eigenvalue weighted by Crippen LogP contribution is -2.45. The van der Waals surface area contributed by atoms with Crippen LogP contribution >= 0.6 is 0 Å². The van der Waals surface area contributed by atoms with Gasteiger partial charge >= 0.3 is 0 Å². The highest BCUT2D eigenvalue weighted by Gasteiger charge is 2.28. The molecule has 1 atom stereocenters. The lowest BCUT2D eigenvalue weighted by Gasteiger charge is -2.33. The quantitative estimate of drug-likeness (QED) is 0.354. The van der Waals surface area contributed by atoms with Gasteiger partial charge in [-0.2, -0.15) is 0 Å². The van der Waals surface area contributed by atoms with Crippen molar-refractivity contribution in [2.45, 2.75) is 40.0 Å². The Labute approximate surface area is 232 Å². The summed E-state index contributed by atoms with van der Waals surface area (Å²) in [6.07, 6.45) is 2.92. The van der Waals surface area contributed by atoms with Crippen LogP contribution in [0.2, 0.25) is 0 Å². The molecular weight excluding hydrogens is 514 g/mol. The highest BCUT2D eigenvalue weighted by molar-refractivity contribution is 5.83. The number of piperazine rings is 1. The normalized spacial score (nSPS) is 18.4. The summed E-state index contributed by atoms with van der Waals surface area (Å²) in [6, 6.07) is 6.91. The molecule has 11 heteroatoms. The van der Waals surface area contributed by atoms with Gasteiger partial charge in [0.05, 0.1) is 24.4 Å². The Morgan fingerprint density at radius 2 is 1.80 bits per heavy atom. The maximum atomic E-state index is 15.3. The van der Waals surface area contributed by atoms with Gasteiger partial charge in [-0.05, 0) is 36.2 Å². The minimum Gasteiger partial charge on any atom is -0.371 e. The van der Waals surface area contributed by atoms with Crippen LogP contribution < -0.4 is 5.32 Å². The van der Waals surface area contributed by atoms with E-state index in [9.17, 15) is 4.39 Å².